The molecule has 0 spiro atoms. The lowest BCUT2D eigenvalue weighted by Gasteiger charge is -2.17. The predicted octanol–water partition coefficient (Wildman–Crippen LogP) is 3.19. The lowest BCUT2D eigenvalue weighted by atomic mass is 9.99. The van der Waals surface area contributed by atoms with Gasteiger partial charge in [-0.2, -0.15) is 0 Å². The molecular weight excluding hydrogens is 288 g/mol. The van der Waals surface area contributed by atoms with E-state index in [0.29, 0.717) is 24.8 Å². The van der Waals surface area contributed by atoms with Crippen molar-refractivity contribution in [2.24, 2.45) is 10.7 Å². The van der Waals surface area contributed by atoms with E-state index < -0.39 is 0 Å². The summed E-state index contributed by atoms with van der Waals surface area (Å²) in [5.41, 5.74) is 8.10. The number of guanidine groups is 1. The van der Waals surface area contributed by atoms with E-state index in [9.17, 15) is 4.79 Å². The van der Waals surface area contributed by atoms with Crippen LogP contribution in [0.4, 0.5) is 5.69 Å². The van der Waals surface area contributed by atoms with Gasteiger partial charge in [0.05, 0.1) is 6.54 Å². The summed E-state index contributed by atoms with van der Waals surface area (Å²) in [6.45, 7) is 10.2. The van der Waals surface area contributed by atoms with Gasteiger partial charge in [0.1, 0.15) is 0 Å². The van der Waals surface area contributed by atoms with E-state index in [1.807, 2.05) is 26.0 Å². The van der Waals surface area contributed by atoms with Gasteiger partial charge in [-0.05, 0) is 43.9 Å². The highest BCUT2D eigenvalue weighted by Crippen LogP contribution is 2.20. The van der Waals surface area contributed by atoms with E-state index in [4.69, 9.17) is 5.73 Å². The first-order valence-corrected chi connectivity index (χ1v) is 8.46. The van der Waals surface area contributed by atoms with Crippen molar-refractivity contribution in [3.63, 3.8) is 0 Å². The van der Waals surface area contributed by atoms with Gasteiger partial charge < -0.3 is 16.0 Å². The minimum atomic E-state index is 0.115. The number of benzene rings is 1. The molecule has 5 heteroatoms. The minimum Gasteiger partial charge on any atom is -0.370 e. The van der Waals surface area contributed by atoms with Crippen LogP contribution in [0.15, 0.2) is 29.3 Å². The molecule has 128 valence electrons. The van der Waals surface area contributed by atoms with Gasteiger partial charge in [-0.15, -0.1) is 0 Å². The summed E-state index contributed by atoms with van der Waals surface area (Å²) < 4.78 is 0. The Bertz CT molecular complexity index is 506. The van der Waals surface area contributed by atoms with Gasteiger partial charge in [0.25, 0.3) is 0 Å². The Morgan fingerprint density at radius 2 is 1.83 bits per heavy atom. The van der Waals surface area contributed by atoms with Crippen molar-refractivity contribution in [2.75, 3.05) is 25.0 Å². The van der Waals surface area contributed by atoms with Gasteiger partial charge in [-0.3, -0.25) is 9.79 Å². The highest BCUT2D eigenvalue weighted by Gasteiger charge is 2.08. The molecule has 0 aliphatic carbocycles. The molecule has 0 aromatic heterocycles. The SMILES string of the molecule is CCC(C)c1ccc(NC(N)=NCCC(=O)N(CC)CC)cc1. The number of nitrogens with zero attached hydrogens (tertiary/aromatic N) is 2. The number of nitrogens with two attached hydrogens (primary N) is 1. The second kappa shape index (κ2) is 9.87. The fraction of sp³-hybridized carbons (Fsp3) is 0.556. The van der Waals surface area contributed by atoms with Crippen molar-refractivity contribution in [3.05, 3.63) is 29.8 Å². The molecule has 1 aromatic rings. The molecule has 1 aromatic carbocycles. The number of hydrogen-bond acceptors (Lipinski definition) is 2. The molecule has 5 nitrogen and oxygen atoms in total. The average molecular weight is 318 g/mol. The van der Waals surface area contributed by atoms with E-state index in [1.165, 1.54) is 5.56 Å². The van der Waals surface area contributed by atoms with Crippen LogP contribution in [0.3, 0.4) is 0 Å². The van der Waals surface area contributed by atoms with Gasteiger partial charge in [0.2, 0.25) is 5.91 Å². The van der Waals surface area contributed by atoms with E-state index in [0.717, 1.165) is 25.2 Å². The lowest BCUT2D eigenvalue weighted by molar-refractivity contribution is -0.130. The molecule has 0 aliphatic rings. The quantitative estimate of drug-likeness (QED) is 0.571. The smallest absolute Gasteiger partial charge is 0.224 e. The molecule has 0 radical (unpaired) electrons. The minimum absolute atomic E-state index is 0.115. The molecule has 1 unspecified atom stereocenters. The van der Waals surface area contributed by atoms with Gasteiger partial charge in [0.15, 0.2) is 5.96 Å². The molecule has 1 atom stereocenters. The summed E-state index contributed by atoms with van der Waals surface area (Å²) in [5, 5.41) is 3.06. The third-order valence-corrected chi connectivity index (χ3v) is 4.09. The molecule has 3 N–H and O–H groups in total. The molecule has 0 saturated carbocycles. The maximum absolute atomic E-state index is 11.9. The summed E-state index contributed by atoms with van der Waals surface area (Å²) in [5.74, 6) is 1.01. The Kier molecular flexibility index (Phi) is 8.16. The Labute approximate surface area is 140 Å². The Hall–Kier alpha value is -2.04. The zero-order valence-electron chi connectivity index (χ0n) is 14.8. The first-order valence-electron chi connectivity index (χ1n) is 8.46. The van der Waals surface area contributed by atoms with Crippen molar-refractivity contribution in [1.82, 2.24) is 4.90 Å². The van der Waals surface area contributed by atoms with E-state index >= 15 is 0 Å². The highest BCUT2D eigenvalue weighted by atomic mass is 16.2. The zero-order valence-corrected chi connectivity index (χ0v) is 14.8. The van der Waals surface area contributed by atoms with E-state index in [-0.39, 0.29) is 5.91 Å². The van der Waals surface area contributed by atoms with Gasteiger partial charge in [-0.25, -0.2) is 0 Å². The number of carbonyl (C=O) groups is 1. The number of nitrogens with one attached hydrogen (secondary N) is 1. The van der Waals surface area contributed by atoms with Crippen LogP contribution in [-0.4, -0.2) is 36.4 Å². The molecule has 1 rings (SSSR count). The summed E-state index contributed by atoms with van der Waals surface area (Å²) in [7, 11) is 0. The summed E-state index contributed by atoms with van der Waals surface area (Å²) >= 11 is 0. The average Bonchev–Trinajstić information content (AvgIpc) is 2.56. The van der Waals surface area contributed by atoms with Crippen molar-refractivity contribution < 1.29 is 4.79 Å². The van der Waals surface area contributed by atoms with Crippen LogP contribution in [0.25, 0.3) is 0 Å². The third kappa shape index (κ3) is 6.30. The number of amides is 1. The van der Waals surface area contributed by atoms with Crippen LogP contribution in [-0.2, 0) is 4.79 Å². The molecule has 1 amide bonds. The molecule has 0 fully saturated rings. The van der Waals surface area contributed by atoms with Crippen LogP contribution >= 0.6 is 0 Å². The van der Waals surface area contributed by atoms with Crippen LogP contribution in [0, 0.1) is 0 Å². The number of hydrogen-bond donors (Lipinski definition) is 2. The van der Waals surface area contributed by atoms with Gasteiger partial charge in [0, 0.05) is 25.2 Å². The normalized spacial score (nSPS) is 12.8. The van der Waals surface area contributed by atoms with Crippen LogP contribution in [0.1, 0.15) is 52.0 Å². The topological polar surface area (TPSA) is 70.7 Å². The maximum Gasteiger partial charge on any atom is 0.224 e. The largest absolute Gasteiger partial charge is 0.370 e. The summed E-state index contributed by atoms with van der Waals surface area (Å²) in [6, 6.07) is 8.22. The zero-order chi connectivity index (χ0) is 17.2. The first kappa shape index (κ1) is 19.0. The van der Waals surface area contributed by atoms with Crippen molar-refractivity contribution in [3.8, 4) is 0 Å². The standard InChI is InChI=1S/C18H30N4O/c1-5-14(4)15-8-10-16(11-9-15)21-18(19)20-13-12-17(23)22(6-2)7-3/h8-11,14H,5-7,12-13H2,1-4H3,(H3,19,20,21). The molecular formula is C18H30N4O. The Morgan fingerprint density at radius 1 is 1.22 bits per heavy atom. The van der Waals surface area contributed by atoms with Crippen molar-refractivity contribution in [2.45, 2.75) is 46.5 Å². The predicted molar refractivity (Wildman–Crippen MR) is 97.8 cm³/mol. The van der Waals surface area contributed by atoms with Gasteiger partial charge >= 0.3 is 0 Å². The maximum atomic E-state index is 11.9. The molecule has 0 bridgehead atoms. The Morgan fingerprint density at radius 3 is 2.35 bits per heavy atom. The number of rotatable bonds is 8. The van der Waals surface area contributed by atoms with Crippen LogP contribution < -0.4 is 11.1 Å². The first-order chi connectivity index (χ1) is 11.0. The highest BCUT2D eigenvalue weighted by molar-refractivity contribution is 5.92. The lowest BCUT2D eigenvalue weighted by Crippen LogP contribution is -2.31. The number of aliphatic imine (C=N–C) groups is 1. The van der Waals surface area contributed by atoms with Gasteiger partial charge in [-0.1, -0.05) is 26.0 Å². The second-order valence-electron chi connectivity index (χ2n) is 5.64. The molecule has 0 saturated heterocycles. The van der Waals surface area contributed by atoms with Crippen molar-refractivity contribution in [1.29, 1.82) is 0 Å². The molecule has 0 heterocycles. The van der Waals surface area contributed by atoms with Crippen molar-refractivity contribution >= 4 is 17.6 Å². The van der Waals surface area contributed by atoms with Crippen LogP contribution in [0.5, 0.6) is 0 Å². The van der Waals surface area contributed by atoms with E-state index in [2.05, 4.69) is 36.3 Å². The third-order valence-electron chi connectivity index (χ3n) is 4.09. The van der Waals surface area contributed by atoms with Crippen LogP contribution in [0.2, 0.25) is 0 Å². The van der Waals surface area contributed by atoms with E-state index in [1.54, 1.807) is 4.90 Å². The summed E-state index contributed by atoms with van der Waals surface area (Å²) in [6.07, 6.45) is 1.51. The molecule has 0 aliphatic heterocycles. The second-order valence-corrected chi connectivity index (χ2v) is 5.64. The fourth-order valence-electron chi connectivity index (χ4n) is 2.32. The number of anilines is 1. The fourth-order valence-corrected chi connectivity index (χ4v) is 2.32. The number of carbonyl (C=O) groups excluding carboxylic acids is 1. The molecule has 23 heavy (non-hydrogen) atoms. The Balaban J connectivity index is 2.49. The monoisotopic (exact) mass is 318 g/mol. The summed E-state index contributed by atoms with van der Waals surface area (Å²) in [4.78, 5) is 17.9.